The van der Waals surface area contributed by atoms with E-state index >= 15 is 0 Å². The molecule has 1 aliphatic carbocycles. The highest BCUT2D eigenvalue weighted by Crippen LogP contribution is 2.24. The van der Waals surface area contributed by atoms with Gasteiger partial charge in [-0.25, -0.2) is 0 Å². The highest BCUT2D eigenvalue weighted by Gasteiger charge is 2.17. The zero-order valence-corrected chi connectivity index (χ0v) is 5.65. The molecule has 0 aliphatic heterocycles. The van der Waals surface area contributed by atoms with Crippen LogP contribution in [0.15, 0.2) is 12.3 Å². The monoisotopic (exact) mass is 121 g/mol. The first-order valence-electron chi connectivity index (χ1n) is 3.51. The summed E-state index contributed by atoms with van der Waals surface area (Å²) in [6.07, 6.45) is 4.57. The number of rotatable bonds is 0. The zero-order valence-electron chi connectivity index (χ0n) is 5.65. The molecule has 0 aromatic carbocycles. The fourth-order valence-electron chi connectivity index (χ4n) is 1.61. The second kappa shape index (κ2) is 1.63. The summed E-state index contributed by atoms with van der Waals surface area (Å²) in [5, 5.41) is 0. The molecule has 1 aromatic rings. The van der Waals surface area contributed by atoms with Crippen molar-refractivity contribution in [2.45, 2.75) is 19.8 Å². The lowest BCUT2D eigenvalue weighted by Gasteiger charge is -1.94. The summed E-state index contributed by atoms with van der Waals surface area (Å²) in [5.74, 6) is 0.868. The van der Waals surface area contributed by atoms with E-state index in [-0.39, 0.29) is 0 Å². The van der Waals surface area contributed by atoms with Crippen LogP contribution in [-0.4, -0.2) is 4.98 Å². The fraction of sp³-hybridized carbons (Fsp3) is 0.500. The van der Waals surface area contributed by atoms with Crippen LogP contribution in [0.1, 0.15) is 18.2 Å². The first-order valence-corrected chi connectivity index (χ1v) is 3.51. The SMILES string of the molecule is CC1Cc2cc[nH]c2C1. The molecule has 0 amide bonds. The topological polar surface area (TPSA) is 15.8 Å². The number of aromatic amines is 1. The average molecular weight is 121 g/mol. The maximum absolute atomic E-state index is 3.25. The summed E-state index contributed by atoms with van der Waals surface area (Å²) in [4.78, 5) is 3.25. The number of hydrogen-bond donors (Lipinski definition) is 1. The predicted octanol–water partition coefficient (Wildman–Crippen LogP) is 1.75. The van der Waals surface area contributed by atoms with E-state index in [2.05, 4.69) is 18.0 Å². The van der Waals surface area contributed by atoms with E-state index in [0.29, 0.717) is 0 Å². The first-order chi connectivity index (χ1) is 4.36. The normalized spacial score (nSPS) is 24.3. The van der Waals surface area contributed by atoms with E-state index in [1.807, 2.05) is 6.20 Å². The van der Waals surface area contributed by atoms with Gasteiger partial charge >= 0.3 is 0 Å². The maximum Gasteiger partial charge on any atom is 0.0182 e. The summed E-state index contributed by atoms with van der Waals surface area (Å²) < 4.78 is 0. The van der Waals surface area contributed by atoms with E-state index in [1.165, 1.54) is 24.1 Å². The third kappa shape index (κ3) is 0.680. The molecule has 0 saturated carbocycles. The lowest BCUT2D eigenvalue weighted by molar-refractivity contribution is 0.621. The molecule has 0 radical (unpaired) electrons. The van der Waals surface area contributed by atoms with Gasteiger partial charge in [-0.2, -0.15) is 0 Å². The van der Waals surface area contributed by atoms with Gasteiger partial charge in [-0.05, 0) is 30.4 Å². The van der Waals surface area contributed by atoms with Gasteiger partial charge < -0.3 is 4.98 Å². The molecule has 1 aromatic heterocycles. The van der Waals surface area contributed by atoms with Gasteiger partial charge in [0.15, 0.2) is 0 Å². The van der Waals surface area contributed by atoms with Gasteiger partial charge in [0.2, 0.25) is 0 Å². The molecule has 2 rings (SSSR count). The third-order valence-electron chi connectivity index (χ3n) is 2.05. The Bertz CT molecular complexity index is 192. The molecule has 9 heavy (non-hydrogen) atoms. The van der Waals surface area contributed by atoms with Crippen molar-refractivity contribution in [3.05, 3.63) is 23.5 Å². The van der Waals surface area contributed by atoms with E-state index in [0.717, 1.165) is 5.92 Å². The van der Waals surface area contributed by atoms with Gasteiger partial charge in [0.1, 0.15) is 0 Å². The minimum Gasteiger partial charge on any atom is -0.365 e. The molecule has 1 aliphatic rings. The van der Waals surface area contributed by atoms with Crippen LogP contribution >= 0.6 is 0 Å². The Kier molecular flexibility index (Phi) is 0.922. The lowest BCUT2D eigenvalue weighted by atomic mass is 10.1. The molecule has 1 heteroatoms. The van der Waals surface area contributed by atoms with Crippen molar-refractivity contribution in [3.8, 4) is 0 Å². The van der Waals surface area contributed by atoms with E-state index in [9.17, 15) is 0 Å². The van der Waals surface area contributed by atoms with Gasteiger partial charge in [-0.3, -0.25) is 0 Å². The maximum atomic E-state index is 3.25. The molecule has 1 nitrogen and oxygen atoms in total. The molecule has 48 valence electrons. The fourth-order valence-corrected chi connectivity index (χ4v) is 1.61. The van der Waals surface area contributed by atoms with Crippen LogP contribution in [0.4, 0.5) is 0 Å². The first kappa shape index (κ1) is 5.10. The van der Waals surface area contributed by atoms with Crippen LogP contribution < -0.4 is 0 Å². The van der Waals surface area contributed by atoms with Crippen LogP contribution in [0.3, 0.4) is 0 Å². The third-order valence-corrected chi connectivity index (χ3v) is 2.05. The Morgan fingerprint density at radius 1 is 1.56 bits per heavy atom. The molecule has 1 unspecified atom stereocenters. The molecule has 0 saturated heterocycles. The molecule has 0 fully saturated rings. The molecule has 1 N–H and O–H groups in total. The van der Waals surface area contributed by atoms with Gasteiger partial charge in [-0.15, -0.1) is 0 Å². The number of fused-ring (bicyclic) bond motifs is 1. The van der Waals surface area contributed by atoms with Crippen molar-refractivity contribution in [3.63, 3.8) is 0 Å². The minimum atomic E-state index is 0.868. The number of nitrogens with one attached hydrogen (secondary N) is 1. The average Bonchev–Trinajstić information content (AvgIpc) is 2.22. The molecule has 1 atom stereocenters. The van der Waals surface area contributed by atoms with Gasteiger partial charge in [0, 0.05) is 11.9 Å². The Labute approximate surface area is 55.1 Å². The van der Waals surface area contributed by atoms with Crippen molar-refractivity contribution >= 4 is 0 Å². The summed E-state index contributed by atoms with van der Waals surface area (Å²) in [6.45, 7) is 2.30. The Hall–Kier alpha value is -0.720. The number of hydrogen-bond acceptors (Lipinski definition) is 0. The highest BCUT2D eigenvalue weighted by atomic mass is 14.7. The quantitative estimate of drug-likeness (QED) is 0.538. The largest absolute Gasteiger partial charge is 0.365 e. The lowest BCUT2D eigenvalue weighted by Crippen LogP contribution is -1.90. The van der Waals surface area contributed by atoms with Crippen molar-refractivity contribution in [1.82, 2.24) is 4.98 Å². The van der Waals surface area contributed by atoms with Crippen LogP contribution in [-0.2, 0) is 12.8 Å². The molecule has 0 bridgehead atoms. The van der Waals surface area contributed by atoms with Crippen LogP contribution in [0, 0.1) is 5.92 Å². The van der Waals surface area contributed by atoms with Crippen LogP contribution in [0.25, 0.3) is 0 Å². The second-order valence-corrected chi connectivity index (χ2v) is 2.99. The number of H-pyrrole nitrogens is 1. The van der Waals surface area contributed by atoms with Crippen molar-refractivity contribution < 1.29 is 0 Å². The zero-order chi connectivity index (χ0) is 6.27. The van der Waals surface area contributed by atoms with Crippen LogP contribution in [0.5, 0.6) is 0 Å². The summed E-state index contributed by atoms with van der Waals surface area (Å²) >= 11 is 0. The van der Waals surface area contributed by atoms with Gasteiger partial charge in [0.25, 0.3) is 0 Å². The van der Waals surface area contributed by atoms with Gasteiger partial charge in [-0.1, -0.05) is 6.92 Å². The standard InChI is InChI=1S/C8H11N/c1-6-4-7-2-3-9-8(7)5-6/h2-3,6,9H,4-5H2,1H3. The van der Waals surface area contributed by atoms with E-state index < -0.39 is 0 Å². The molecule has 1 heterocycles. The highest BCUT2D eigenvalue weighted by molar-refractivity contribution is 5.25. The Morgan fingerprint density at radius 3 is 3.22 bits per heavy atom. The van der Waals surface area contributed by atoms with Crippen molar-refractivity contribution in [1.29, 1.82) is 0 Å². The molecular formula is C8H11N. The predicted molar refractivity (Wildman–Crippen MR) is 37.4 cm³/mol. The second-order valence-electron chi connectivity index (χ2n) is 2.99. The summed E-state index contributed by atoms with van der Waals surface area (Å²) in [5.41, 5.74) is 2.99. The smallest absolute Gasteiger partial charge is 0.0182 e. The summed E-state index contributed by atoms with van der Waals surface area (Å²) in [6, 6.07) is 2.19. The summed E-state index contributed by atoms with van der Waals surface area (Å²) in [7, 11) is 0. The molecule has 0 spiro atoms. The number of aromatic nitrogens is 1. The molecular weight excluding hydrogens is 110 g/mol. The van der Waals surface area contributed by atoms with E-state index in [4.69, 9.17) is 0 Å². The van der Waals surface area contributed by atoms with Gasteiger partial charge in [0.05, 0.1) is 0 Å². The van der Waals surface area contributed by atoms with E-state index in [1.54, 1.807) is 0 Å². The van der Waals surface area contributed by atoms with Crippen molar-refractivity contribution in [2.75, 3.05) is 0 Å². The van der Waals surface area contributed by atoms with Crippen LogP contribution in [0.2, 0.25) is 0 Å². The Balaban J connectivity index is 2.39. The van der Waals surface area contributed by atoms with Crippen molar-refractivity contribution in [2.24, 2.45) is 5.92 Å². The Morgan fingerprint density at radius 2 is 2.44 bits per heavy atom. The minimum absolute atomic E-state index is 0.868.